The van der Waals surface area contributed by atoms with Gasteiger partial charge in [-0.1, -0.05) is 36.7 Å². The molecule has 43 heavy (non-hydrogen) atoms. The van der Waals surface area contributed by atoms with E-state index in [1.807, 2.05) is 0 Å². The van der Waals surface area contributed by atoms with Crippen LogP contribution in [0.4, 0.5) is 57.1 Å². The van der Waals surface area contributed by atoms with Crippen LogP contribution in [0, 0.1) is 5.92 Å². The lowest BCUT2D eigenvalue weighted by Crippen LogP contribution is -2.28. The Morgan fingerprint density at radius 1 is 0.860 bits per heavy atom. The third-order valence-corrected chi connectivity index (χ3v) is 7.85. The van der Waals surface area contributed by atoms with Crippen LogP contribution in [0.2, 0.25) is 5.02 Å². The molecular weight excluding hydrogens is 663 g/mol. The molecule has 0 saturated heterocycles. The van der Waals surface area contributed by atoms with E-state index in [0.717, 1.165) is 6.92 Å². The fourth-order valence-electron chi connectivity index (χ4n) is 3.97. The van der Waals surface area contributed by atoms with Gasteiger partial charge in [0, 0.05) is 17.5 Å². The molecule has 0 radical (unpaired) electrons. The Labute approximate surface area is 240 Å². The summed E-state index contributed by atoms with van der Waals surface area (Å²) in [7, 11) is -4.80. The van der Waals surface area contributed by atoms with Crippen molar-refractivity contribution in [2.24, 2.45) is 5.92 Å². The van der Waals surface area contributed by atoms with Gasteiger partial charge in [-0.05, 0) is 35.8 Å². The molecule has 0 saturated carbocycles. The number of halogens is 14. The second kappa shape index (κ2) is 12.7. The largest absolute Gasteiger partial charge is 0.417 e. The van der Waals surface area contributed by atoms with Crippen molar-refractivity contribution in [3.63, 3.8) is 0 Å². The maximum atomic E-state index is 14.9. The average Bonchev–Trinajstić information content (AvgIpc) is 2.78. The predicted octanol–water partition coefficient (Wildman–Crippen LogP) is 9.22. The smallest absolute Gasteiger partial charge is 0.294 e. The highest BCUT2D eigenvalue weighted by molar-refractivity contribution is 7.91. The molecule has 3 nitrogen and oxygen atoms in total. The number of rotatable bonds is 9. The third kappa shape index (κ3) is 10.4. The van der Waals surface area contributed by atoms with Crippen LogP contribution in [0.15, 0.2) is 42.5 Å². The molecule has 0 amide bonds. The summed E-state index contributed by atoms with van der Waals surface area (Å²) in [6.45, 7) is 0.980. The fourth-order valence-corrected chi connectivity index (χ4v) is 5.80. The van der Waals surface area contributed by atoms with Crippen LogP contribution in [-0.4, -0.2) is 38.1 Å². The van der Waals surface area contributed by atoms with Crippen molar-refractivity contribution in [1.82, 2.24) is 0 Å². The number of allylic oxidation sites excluding steroid dienone is 1. The first-order valence-electron chi connectivity index (χ1n) is 11.5. The molecule has 2 rings (SSSR count). The van der Waals surface area contributed by atoms with Crippen molar-refractivity contribution in [3.05, 3.63) is 75.3 Å². The number of Topliss-reactive ketones (excluding diaryl/α,β-unsaturated/α-hetero) is 1. The highest BCUT2D eigenvalue weighted by Crippen LogP contribution is 2.43. The minimum atomic E-state index is -5.43. The van der Waals surface area contributed by atoms with Crippen LogP contribution in [0.25, 0.3) is 5.83 Å². The van der Waals surface area contributed by atoms with E-state index in [9.17, 15) is 70.3 Å². The van der Waals surface area contributed by atoms with E-state index in [1.165, 1.54) is 0 Å². The molecule has 0 N–H and O–H groups in total. The van der Waals surface area contributed by atoms with Crippen LogP contribution in [0.5, 0.6) is 0 Å². The Hall–Kier alpha value is -2.82. The van der Waals surface area contributed by atoms with Crippen LogP contribution in [0.1, 0.15) is 51.9 Å². The van der Waals surface area contributed by atoms with E-state index in [4.69, 9.17) is 11.6 Å². The normalized spacial score (nSPS) is 15.4. The zero-order valence-electron chi connectivity index (χ0n) is 21.2. The van der Waals surface area contributed by atoms with Gasteiger partial charge in [0.2, 0.25) is 0 Å². The van der Waals surface area contributed by atoms with E-state index < -0.39 is 109 Å². The minimum absolute atomic E-state index is 0.00323. The van der Waals surface area contributed by atoms with E-state index in [2.05, 4.69) is 0 Å². The van der Waals surface area contributed by atoms with Gasteiger partial charge >= 0.3 is 24.7 Å². The number of ketones is 1. The standard InChI is InChI=1S/C25H18ClF13O3S/c1-12(10-43(41,42)11-22(28,29)30)6-21(40)15-4-2-14(8-17(15)24(34,35)36)20(27)9-16(23(31,32)33)13-3-5-19(26)18(7-13)25(37,38)39/h2-5,7-9,12,16H,6,10-11H2,1H3/b20-9-/t12-,16?/m0/s1. The Morgan fingerprint density at radius 3 is 1.91 bits per heavy atom. The highest BCUT2D eigenvalue weighted by atomic mass is 35.5. The molecule has 1 unspecified atom stereocenters. The topological polar surface area (TPSA) is 51.2 Å². The number of hydrogen-bond acceptors (Lipinski definition) is 3. The first kappa shape index (κ1) is 36.4. The maximum absolute atomic E-state index is 14.9. The molecule has 2 aromatic carbocycles. The van der Waals surface area contributed by atoms with Gasteiger partial charge in [-0.3, -0.25) is 4.79 Å². The quantitative estimate of drug-likeness (QED) is 0.196. The van der Waals surface area contributed by atoms with Gasteiger partial charge in [0.25, 0.3) is 0 Å². The average molecular weight is 681 g/mol. The maximum Gasteiger partial charge on any atom is 0.417 e. The van der Waals surface area contributed by atoms with Gasteiger partial charge in [-0.25, -0.2) is 12.8 Å². The molecular formula is C25H18ClF13O3S. The molecule has 0 heterocycles. The second-order valence-corrected chi connectivity index (χ2v) is 11.9. The number of carbonyl (C=O) groups excluding carboxylic acids is 1. The summed E-state index contributed by atoms with van der Waals surface area (Å²) in [6.07, 6.45) is -22.4. The molecule has 18 heteroatoms. The lowest BCUT2D eigenvalue weighted by Gasteiger charge is -2.20. The van der Waals surface area contributed by atoms with Crippen molar-refractivity contribution in [3.8, 4) is 0 Å². The summed E-state index contributed by atoms with van der Waals surface area (Å²) < 4.78 is 197. The molecule has 2 atom stereocenters. The number of benzene rings is 2. The number of hydrogen-bond donors (Lipinski definition) is 0. The van der Waals surface area contributed by atoms with E-state index in [-0.39, 0.29) is 18.2 Å². The van der Waals surface area contributed by atoms with Crippen molar-refractivity contribution >= 4 is 33.0 Å². The van der Waals surface area contributed by atoms with Crippen molar-refractivity contribution in [2.45, 2.75) is 44.0 Å². The third-order valence-electron chi connectivity index (χ3n) is 5.68. The Balaban J connectivity index is 2.49. The highest BCUT2D eigenvalue weighted by Gasteiger charge is 2.42. The van der Waals surface area contributed by atoms with Gasteiger partial charge in [0.1, 0.15) is 17.5 Å². The van der Waals surface area contributed by atoms with Crippen LogP contribution in [0.3, 0.4) is 0 Å². The number of carbonyl (C=O) groups is 1. The van der Waals surface area contributed by atoms with E-state index in [1.54, 1.807) is 0 Å². The van der Waals surface area contributed by atoms with Crippen LogP contribution in [-0.2, 0) is 22.2 Å². The fraction of sp³-hybridized carbons (Fsp3) is 0.400. The molecule has 0 spiro atoms. The second-order valence-electron chi connectivity index (χ2n) is 9.43. The summed E-state index contributed by atoms with van der Waals surface area (Å²) in [5.74, 6) is -11.3. The van der Waals surface area contributed by atoms with Crippen molar-refractivity contribution < 1.29 is 70.3 Å². The van der Waals surface area contributed by atoms with E-state index in [0.29, 0.717) is 24.3 Å². The molecule has 0 aliphatic carbocycles. The lowest BCUT2D eigenvalue weighted by molar-refractivity contribution is -0.142. The Kier molecular flexibility index (Phi) is 10.7. The lowest BCUT2D eigenvalue weighted by atomic mass is 9.92. The van der Waals surface area contributed by atoms with Gasteiger partial charge in [-0.2, -0.15) is 52.7 Å². The molecule has 0 bridgehead atoms. The Bertz CT molecular complexity index is 1470. The number of alkyl halides is 12. The molecule has 0 aliphatic heterocycles. The molecule has 0 aliphatic rings. The van der Waals surface area contributed by atoms with Gasteiger partial charge in [0.05, 0.1) is 21.9 Å². The number of sulfone groups is 1. The minimum Gasteiger partial charge on any atom is -0.294 e. The Morgan fingerprint density at radius 2 is 1.42 bits per heavy atom. The first-order chi connectivity index (χ1) is 19.2. The van der Waals surface area contributed by atoms with Crippen molar-refractivity contribution in [2.75, 3.05) is 11.5 Å². The SMILES string of the molecule is C[C@@H](CC(=O)c1ccc(/C(F)=C/C(c2ccc(Cl)c(C(F)(F)F)c2)C(F)(F)F)cc1C(F)(F)F)CS(=O)(=O)CC(F)(F)F. The zero-order valence-corrected chi connectivity index (χ0v) is 22.8. The van der Waals surface area contributed by atoms with E-state index >= 15 is 0 Å². The first-order valence-corrected chi connectivity index (χ1v) is 13.7. The molecule has 0 fully saturated rings. The molecule has 0 aromatic heterocycles. The summed E-state index contributed by atoms with van der Waals surface area (Å²) >= 11 is 5.39. The summed E-state index contributed by atoms with van der Waals surface area (Å²) in [5, 5.41) is -0.969. The van der Waals surface area contributed by atoms with Gasteiger partial charge in [0.15, 0.2) is 15.6 Å². The van der Waals surface area contributed by atoms with Gasteiger partial charge < -0.3 is 0 Å². The monoisotopic (exact) mass is 680 g/mol. The summed E-state index contributed by atoms with van der Waals surface area (Å²) in [5.41, 5.74) is -7.01. The molecule has 2 aromatic rings. The summed E-state index contributed by atoms with van der Waals surface area (Å²) in [4.78, 5) is 12.5. The zero-order chi connectivity index (χ0) is 33.3. The van der Waals surface area contributed by atoms with Gasteiger partial charge in [-0.15, -0.1) is 0 Å². The van der Waals surface area contributed by atoms with Crippen LogP contribution < -0.4 is 0 Å². The van der Waals surface area contributed by atoms with Crippen molar-refractivity contribution in [1.29, 1.82) is 0 Å². The summed E-state index contributed by atoms with van der Waals surface area (Å²) in [6, 6.07) is 1.79. The molecule has 240 valence electrons. The predicted molar refractivity (Wildman–Crippen MR) is 129 cm³/mol. The van der Waals surface area contributed by atoms with Crippen LogP contribution >= 0.6 is 11.6 Å².